The third-order valence-corrected chi connectivity index (χ3v) is 4.18. The van der Waals surface area contributed by atoms with E-state index < -0.39 is 0 Å². The quantitative estimate of drug-likeness (QED) is 0.809. The number of anilines is 1. The second-order valence-corrected chi connectivity index (χ2v) is 6.01. The van der Waals surface area contributed by atoms with Gasteiger partial charge in [0.1, 0.15) is 0 Å². The molecule has 24 heavy (non-hydrogen) atoms. The number of nitrogens with one attached hydrogen (secondary N) is 3. The molecule has 0 bridgehead atoms. The van der Waals surface area contributed by atoms with Crippen LogP contribution in [0.25, 0.3) is 0 Å². The lowest BCUT2D eigenvalue weighted by atomic mass is 10.1. The summed E-state index contributed by atoms with van der Waals surface area (Å²) in [6.07, 6.45) is 0.940. The van der Waals surface area contributed by atoms with Gasteiger partial charge in [0.2, 0.25) is 0 Å². The fraction of sp³-hybridized carbons (Fsp3) is 0.263. The number of benzene rings is 2. The first-order valence-electron chi connectivity index (χ1n) is 8.12. The lowest BCUT2D eigenvalue weighted by molar-refractivity contribution is 0.0939. The van der Waals surface area contributed by atoms with Gasteiger partial charge in [-0.05, 0) is 49.7 Å². The fourth-order valence-electron chi connectivity index (χ4n) is 2.73. The van der Waals surface area contributed by atoms with E-state index in [1.54, 1.807) is 24.3 Å². The van der Waals surface area contributed by atoms with Crippen LogP contribution in [0.3, 0.4) is 0 Å². The summed E-state index contributed by atoms with van der Waals surface area (Å²) in [6.45, 7) is 3.63. The molecule has 2 aromatic rings. The van der Waals surface area contributed by atoms with Crippen LogP contribution in [0.5, 0.6) is 0 Å². The van der Waals surface area contributed by atoms with Crippen molar-refractivity contribution in [3.63, 3.8) is 0 Å². The Morgan fingerprint density at radius 1 is 1.04 bits per heavy atom. The molecule has 1 fully saturated rings. The molecule has 0 saturated carbocycles. The van der Waals surface area contributed by atoms with Crippen LogP contribution in [0.2, 0.25) is 0 Å². The summed E-state index contributed by atoms with van der Waals surface area (Å²) in [7, 11) is 0. The van der Waals surface area contributed by atoms with E-state index >= 15 is 0 Å². The van der Waals surface area contributed by atoms with Crippen LogP contribution < -0.4 is 16.0 Å². The highest BCUT2D eigenvalue weighted by Crippen LogP contribution is 2.18. The predicted molar refractivity (Wildman–Crippen MR) is 94.3 cm³/mol. The van der Waals surface area contributed by atoms with Crippen LogP contribution >= 0.6 is 0 Å². The molecule has 5 heteroatoms. The number of aryl methyl sites for hydroxylation is 1. The maximum atomic E-state index is 12.4. The Balaban J connectivity index is 1.73. The van der Waals surface area contributed by atoms with E-state index in [-0.39, 0.29) is 17.9 Å². The molecule has 3 rings (SSSR count). The van der Waals surface area contributed by atoms with Crippen LogP contribution in [-0.4, -0.2) is 30.9 Å². The largest absolute Gasteiger partial charge is 0.348 e. The van der Waals surface area contributed by atoms with E-state index in [0.29, 0.717) is 16.8 Å². The number of hydrogen-bond donors (Lipinski definition) is 3. The maximum absolute atomic E-state index is 12.4. The number of carbonyl (C=O) groups excluding carboxylic acids is 2. The SMILES string of the molecule is Cc1ccc(C(=O)NC2CCNC2)cc1NC(=O)c1ccccc1. The van der Waals surface area contributed by atoms with Crippen molar-refractivity contribution in [1.29, 1.82) is 0 Å². The minimum Gasteiger partial charge on any atom is -0.348 e. The summed E-state index contributed by atoms with van der Waals surface area (Å²) in [6, 6.07) is 14.6. The zero-order valence-electron chi connectivity index (χ0n) is 13.6. The predicted octanol–water partition coefficient (Wildman–Crippen LogP) is 2.34. The topological polar surface area (TPSA) is 70.2 Å². The first kappa shape index (κ1) is 16.2. The molecule has 0 aromatic heterocycles. The molecule has 1 aliphatic heterocycles. The van der Waals surface area contributed by atoms with Gasteiger partial charge in [-0.15, -0.1) is 0 Å². The lowest BCUT2D eigenvalue weighted by Gasteiger charge is -2.14. The molecule has 3 N–H and O–H groups in total. The minimum atomic E-state index is -0.184. The van der Waals surface area contributed by atoms with Crippen molar-refractivity contribution in [1.82, 2.24) is 10.6 Å². The number of carbonyl (C=O) groups is 2. The first-order chi connectivity index (χ1) is 11.6. The molecule has 0 aliphatic carbocycles. The van der Waals surface area contributed by atoms with Crippen molar-refractivity contribution < 1.29 is 9.59 Å². The zero-order valence-corrected chi connectivity index (χ0v) is 13.6. The molecule has 1 atom stereocenters. The van der Waals surface area contributed by atoms with Crippen LogP contribution in [0.4, 0.5) is 5.69 Å². The summed E-state index contributed by atoms with van der Waals surface area (Å²) in [5.74, 6) is -0.296. The number of rotatable bonds is 4. The number of amides is 2. The molecule has 1 aliphatic rings. The molecular weight excluding hydrogens is 302 g/mol. The van der Waals surface area contributed by atoms with E-state index in [1.807, 2.05) is 31.2 Å². The van der Waals surface area contributed by atoms with E-state index in [4.69, 9.17) is 0 Å². The number of hydrogen-bond acceptors (Lipinski definition) is 3. The van der Waals surface area contributed by atoms with E-state index in [0.717, 1.165) is 25.1 Å². The molecule has 2 aromatic carbocycles. The Kier molecular flexibility index (Phi) is 4.91. The standard InChI is InChI=1S/C19H21N3O2/c1-13-7-8-15(19(24)21-16-9-10-20-12-16)11-17(13)22-18(23)14-5-3-2-4-6-14/h2-8,11,16,20H,9-10,12H2,1H3,(H,21,24)(H,22,23). The second-order valence-electron chi connectivity index (χ2n) is 6.01. The van der Waals surface area contributed by atoms with Gasteiger partial charge in [0.15, 0.2) is 0 Å². The minimum absolute atomic E-state index is 0.112. The van der Waals surface area contributed by atoms with Crippen LogP contribution in [-0.2, 0) is 0 Å². The fourth-order valence-corrected chi connectivity index (χ4v) is 2.73. The smallest absolute Gasteiger partial charge is 0.255 e. The summed E-state index contributed by atoms with van der Waals surface area (Å²) in [5.41, 5.74) is 2.71. The Bertz CT molecular complexity index is 738. The summed E-state index contributed by atoms with van der Waals surface area (Å²) < 4.78 is 0. The van der Waals surface area contributed by atoms with Gasteiger partial charge in [-0.25, -0.2) is 0 Å². The zero-order chi connectivity index (χ0) is 16.9. The molecule has 5 nitrogen and oxygen atoms in total. The Morgan fingerprint density at radius 2 is 1.83 bits per heavy atom. The maximum Gasteiger partial charge on any atom is 0.255 e. The summed E-state index contributed by atoms with van der Waals surface area (Å²) in [5, 5.41) is 9.12. The van der Waals surface area contributed by atoms with Crippen molar-refractivity contribution in [2.75, 3.05) is 18.4 Å². The third kappa shape index (κ3) is 3.81. The van der Waals surface area contributed by atoms with Crippen molar-refractivity contribution in [2.24, 2.45) is 0 Å². The lowest BCUT2D eigenvalue weighted by Crippen LogP contribution is -2.36. The molecule has 2 amide bonds. The van der Waals surface area contributed by atoms with E-state index in [1.165, 1.54) is 0 Å². The highest BCUT2D eigenvalue weighted by molar-refractivity contribution is 6.05. The van der Waals surface area contributed by atoms with Gasteiger partial charge >= 0.3 is 0 Å². The third-order valence-electron chi connectivity index (χ3n) is 4.18. The average Bonchev–Trinajstić information content (AvgIpc) is 3.10. The second kappa shape index (κ2) is 7.27. The molecule has 0 spiro atoms. The molecule has 0 radical (unpaired) electrons. The van der Waals surface area contributed by atoms with Crippen LogP contribution in [0.1, 0.15) is 32.7 Å². The monoisotopic (exact) mass is 323 g/mol. The van der Waals surface area contributed by atoms with Crippen molar-refractivity contribution >= 4 is 17.5 Å². The van der Waals surface area contributed by atoms with Crippen molar-refractivity contribution in [2.45, 2.75) is 19.4 Å². The average molecular weight is 323 g/mol. The highest BCUT2D eigenvalue weighted by Gasteiger charge is 2.18. The van der Waals surface area contributed by atoms with Gasteiger partial charge in [-0.1, -0.05) is 24.3 Å². The van der Waals surface area contributed by atoms with Crippen LogP contribution in [0.15, 0.2) is 48.5 Å². The Labute approximate surface area is 141 Å². The van der Waals surface area contributed by atoms with Gasteiger partial charge in [0, 0.05) is 29.4 Å². The molecule has 1 unspecified atom stereocenters. The normalized spacial score (nSPS) is 16.6. The van der Waals surface area contributed by atoms with Gasteiger partial charge in [-0.2, -0.15) is 0 Å². The van der Waals surface area contributed by atoms with Crippen LogP contribution in [0, 0.1) is 6.92 Å². The summed E-state index contributed by atoms with van der Waals surface area (Å²) >= 11 is 0. The highest BCUT2D eigenvalue weighted by atomic mass is 16.2. The van der Waals surface area contributed by atoms with Gasteiger partial charge < -0.3 is 16.0 Å². The Hall–Kier alpha value is -2.66. The Morgan fingerprint density at radius 3 is 2.54 bits per heavy atom. The molecule has 1 heterocycles. The van der Waals surface area contributed by atoms with Gasteiger partial charge in [0.25, 0.3) is 11.8 Å². The molecular formula is C19H21N3O2. The van der Waals surface area contributed by atoms with Crippen molar-refractivity contribution in [3.8, 4) is 0 Å². The van der Waals surface area contributed by atoms with E-state index in [2.05, 4.69) is 16.0 Å². The molecule has 124 valence electrons. The molecule has 1 saturated heterocycles. The van der Waals surface area contributed by atoms with Gasteiger partial charge in [0.05, 0.1) is 0 Å². The van der Waals surface area contributed by atoms with E-state index in [9.17, 15) is 9.59 Å². The van der Waals surface area contributed by atoms with Gasteiger partial charge in [-0.3, -0.25) is 9.59 Å². The first-order valence-corrected chi connectivity index (χ1v) is 8.12. The van der Waals surface area contributed by atoms with Crippen molar-refractivity contribution in [3.05, 3.63) is 65.2 Å². The summed E-state index contributed by atoms with van der Waals surface area (Å²) in [4.78, 5) is 24.7.